The molecule has 0 radical (unpaired) electrons. The van der Waals surface area contributed by atoms with Crippen molar-refractivity contribution in [2.24, 2.45) is 0 Å². The van der Waals surface area contributed by atoms with Crippen molar-refractivity contribution in [3.8, 4) is 0 Å². The molecule has 2 rings (SSSR count). The highest BCUT2D eigenvalue weighted by Gasteiger charge is 2.05. The lowest BCUT2D eigenvalue weighted by Crippen LogP contribution is -2.02. The summed E-state index contributed by atoms with van der Waals surface area (Å²) in [4.78, 5) is 26.0. The summed E-state index contributed by atoms with van der Waals surface area (Å²) in [6, 6.07) is 9.50. The molecule has 2 aromatic rings. The van der Waals surface area contributed by atoms with Crippen LogP contribution in [0.4, 0.5) is 0 Å². The van der Waals surface area contributed by atoms with Crippen LogP contribution in [0.25, 0.3) is 0 Å². The summed E-state index contributed by atoms with van der Waals surface area (Å²) in [5.41, 5.74) is 3.16. The van der Waals surface area contributed by atoms with E-state index in [1.807, 2.05) is 24.3 Å². The number of carbonyl (C=O) groups excluding carboxylic acids is 1. The number of aromatic carboxylic acids is 1. The Bertz CT molecular complexity index is 665. The molecule has 0 aliphatic rings. The summed E-state index contributed by atoms with van der Waals surface area (Å²) < 4.78 is 4.61. The fourth-order valence-electron chi connectivity index (χ4n) is 2.11. The first-order chi connectivity index (χ1) is 10.6. The SMILES string of the molecule is COC(=O)CCc1ccc(Cc2cncc(C(=O)O)c2)cc1. The topological polar surface area (TPSA) is 76.5 Å². The van der Waals surface area contributed by atoms with Crippen molar-refractivity contribution in [2.45, 2.75) is 19.3 Å². The van der Waals surface area contributed by atoms with Gasteiger partial charge in [0.25, 0.3) is 0 Å². The molecule has 0 unspecified atom stereocenters. The molecule has 0 aliphatic carbocycles. The fourth-order valence-corrected chi connectivity index (χ4v) is 2.11. The number of aromatic nitrogens is 1. The summed E-state index contributed by atoms with van der Waals surface area (Å²) in [6.45, 7) is 0. The molecule has 0 fully saturated rings. The highest BCUT2D eigenvalue weighted by atomic mass is 16.5. The molecule has 5 heteroatoms. The molecule has 114 valence electrons. The zero-order valence-electron chi connectivity index (χ0n) is 12.3. The number of aryl methyl sites for hydroxylation is 1. The lowest BCUT2D eigenvalue weighted by molar-refractivity contribution is -0.140. The van der Waals surface area contributed by atoms with Crippen LogP contribution in [0.1, 0.15) is 33.5 Å². The van der Waals surface area contributed by atoms with Crippen molar-refractivity contribution >= 4 is 11.9 Å². The van der Waals surface area contributed by atoms with Gasteiger partial charge in [0.05, 0.1) is 12.7 Å². The molecule has 0 spiro atoms. The van der Waals surface area contributed by atoms with Gasteiger partial charge in [0.15, 0.2) is 0 Å². The maximum Gasteiger partial charge on any atom is 0.337 e. The first-order valence-electron chi connectivity index (χ1n) is 6.90. The standard InChI is InChI=1S/C17H17NO4/c1-22-16(19)7-6-12-2-4-13(5-3-12)8-14-9-15(17(20)21)11-18-10-14/h2-5,9-11H,6-8H2,1H3,(H,20,21). The second kappa shape index (κ2) is 7.36. The molecule has 0 saturated carbocycles. The molecule has 1 aromatic carbocycles. The molecule has 0 aliphatic heterocycles. The van der Waals surface area contributed by atoms with Crippen molar-refractivity contribution in [3.05, 3.63) is 65.0 Å². The van der Waals surface area contributed by atoms with Crippen LogP contribution in [0.3, 0.4) is 0 Å². The van der Waals surface area contributed by atoms with Crippen LogP contribution >= 0.6 is 0 Å². The van der Waals surface area contributed by atoms with Gasteiger partial charge in [-0.1, -0.05) is 24.3 Å². The molecule has 1 aromatic heterocycles. The van der Waals surface area contributed by atoms with Crippen LogP contribution in [0.2, 0.25) is 0 Å². The number of carbonyl (C=O) groups is 2. The maximum atomic E-state index is 11.1. The normalized spacial score (nSPS) is 10.2. The van der Waals surface area contributed by atoms with Crippen LogP contribution in [0.15, 0.2) is 42.7 Å². The van der Waals surface area contributed by atoms with E-state index in [4.69, 9.17) is 5.11 Å². The summed E-state index contributed by atoms with van der Waals surface area (Å²) in [7, 11) is 1.38. The molecule has 0 bridgehead atoms. The molecular formula is C17H17NO4. The van der Waals surface area contributed by atoms with E-state index in [0.29, 0.717) is 19.3 Å². The highest BCUT2D eigenvalue weighted by Crippen LogP contribution is 2.13. The Labute approximate surface area is 128 Å². The monoisotopic (exact) mass is 299 g/mol. The number of benzene rings is 1. The minimum atomic E-state index is -0.979. The number of nitrogens with zero attached hydrogens (tertiary/aromatic N) is 1. The molecule has 1 heterocycles. The molecular weight excluding hydrogens is 282 g/mol. The van der Waals surface area contributed by atoms with Crippen LogP contribution in [0, 0.1) is 0 Å². The Hall–Kier alpha value is -2.69. The number of carboxylic acid groups (broad SMARTS) is 1. The third kappa shape index (κ3) is 4.41. The van der Waals surface area contributed by atoms with Crippen molar-refractivity contribution in [1.29, 1.82) is 0 Å². The van der Waals surface area contributed by atoms with E-state index in [2.05, 4.69) is 9.72 Å². The van der Waals surface area contributed by atoms with Gasteiger partial charge < -0.3 is 9.84 Å². The van der Waals surface area contributed by atoms with Gasteiger partial charge >= 0.3 is 11.9 Å². The van der Waals surface area contributed by atoms with Gasteiger partial charge in [0.2, 0.25) is 0 Å². The smallest absolute Gasteiger partial charge is 0.337 e. The van der Waals surface area contributed by atoms with Gasteiger partial charge in [-0.15, -0.1) is 0 Å². The zero-order chi connectivity index (χ0) is 15.9. The predicted molar refractivity (Wildman–Crippen MR) is 80.8 cm³/mol. The largest absolute Gasteiger partial charge is 0.478 e. The van der Waals surface area contributed by atoms with Crippen molar-refractivity contribution < 1.29 is 19.4 Å². The minimum Gasteiger partial charge on any atom is -0.478 e. The summed E-state index contributed by atoms with van der Waals surface area (Å²) in [6.07, 6.45) is 4.62. The number of hydrogen-bond acceptors (Lipinski definition) is 4. The third-order valence-corrected chi connectivity index (χ3v) is 3.32. The quantitative estimate of drug-likeness (QED) is 0.829. The Morgan fingerprint density at radius 1 is 1.09 bits per heavy atom. The van der Waals surface area contributed by atoms with E-state index in [9.17, 15) is 9.59 Å². The fraction of sp³-hybridized carbons (Fsp3) is 0.235. The van der Waals surface area contributed by atoms with Gasteiger partial charge in [0.1, 0.15) is 0 Å². The van der Waals surface area contributed by atoms with E-state index in [0.717, 1.165) is 16.7 Å². The second-order valence-electron chi connectivity index (χ2n) is 4.96. The second-order valence-corrected chi connectivity index (χ2v) is 4.96. The van der Waals surface area contributed by atoms with Gasteiger partial charge in [0, 0.05) is 18.8 Å². The molecule has 0 saturated heterocycles. The van der Waals surface area contributed by atoms with Gasteiger partial charge in [-0.25, -0.2) is 4.79 Å². The van der Waals surface area contributed by atoms with Crippen LogP contribution in [-0.2, 0) is 22.4 Å². The molecule has 1 N–H and O–H groups in total. The Morgan fingerprint density at radius 3 is 2.41 bits per heavy atom. The van der Waals surface area contributed by atoms with Gasteiger partial charge in [-0.05, 0) is 35.6 Å². The number of hydrogen-bond donors (Lipinski definition) is 1. The molecule has 0 atom stereocenters. The van der Waals surface area contributed by atoms with E-state index < -0.39 is 5.97 Å². The van der Waals surface area contributed by atoms with E-state index in [-0.39, 0.29) is 11.5 Å². The number of rotatable bonds is 6. The number of pyridine rings is 1. The van der Waals surface area contributed by atoms with E-state index in [1.54, 1.807) is 12.3 Å². The number of methoxy groups -OCH3 is 1. The average molecular weight is 299 g/mol. The first-order valence-corrected chi connectivity index (χ1v) is 6.90. The summed E-state index contributed by atoms with van der Waals surface area (Å²) >= 11 is 0. The van der Waals surface area contributed by atoms with Gasteiger partial charge in [-0.2, -0.15) is 0 Å². The zero-order valence-corrected chi connectivity index (χ0v) is 12.3. The number of ether oxygens (including phenoxy) is 1. The predicted octanol–water partition coefficient (Wildman–Crippen LogP) is 2.48. The van der Waals surface area contributed by atoms with Crippen LogP contribution in [0.5, 0.6) is 0 Å². The Morgan fingerprint density at radius 2 is 1.77 bits per heavy atom. The average Bonchev–Trinajstić information content (AvgIpc) is 2.54. The van der Waals surface area contributed by atoms with Crippen LogP contribution in [-0.4, -0.2) is 29.1 Å². The van der Waals surface area contributed by atoms with E-state index in [1.165, 1.54) is 13.3 Å². The van der Waals surface area contributed by atoms with Gasteiger partial charge in [-0.3, -0.25) is 9.78 Å². The summed E-state index contributed by atoms with van der Waals surface area (Å²) in [5.74, 6) is -1.20. The minimum absolute atomic E-state index is 0.187. The van der Waals surface area contributed by atoms with Crippen LogP contribution < -0.4 is 0 Å². The highest BCUT2D eigenvalue weighted by molar-refractivity contribution is 5.87. The molecule has 22 heavy (non-hydrogen) atoms. The van der Waals surface area contributed by atoms with Crippen molar-refractivity contribution in [1.82, 2.24) is 4.98 Å². The number of esters is 1. The number of carboxylic acids is 1. The summed E-state index contributed by atoms with van der Waals surface area (Å²) in [5, 5.41) is 8.96. The Balaban J connectivity index is 2.00. The maximum absolute atomic E-state index is 11.1. The van der Waals surface area contributed by atoms with Crippen molar-refractivity contribution in [2.75, 3.05) is 7.11 Å². The van der Waals surface area contributed by atoms with Crippen molar-refractivity contribution in [3.63, 3.8) is 0 Å². The lowest BCUT2D eigenvalue weighted by atomic mass is 10.0. The Kier molecular flexibility index (Phi) is 5.25. The molecule has 5 nitrogen and oxygen atoms in total. The first kappa shape index (κ1) is 15.7. The lowest BCUT2D eigenvalue weighted by Gasteiger charge is -2.05. The molecule has 0 amide bonds. The third-order valence-electron chi connectivity index (χ3n) is 3.32. The van der Waals surface area contributed by atoms with E-state index >= 15 is 0 Å².